The maximum atomic E-state index is 13.3. The summed E-state index contributed by atoms with van der Waals surface area (Å²) >= 11 is 0. The van der Waals surface area contributed by atoms with Crippen molar-refractivity contribution in [2.75, 3.05) is 17.7 Å². The Kier molecular flexibility index (Phi) is 5.49. The van der Waals surface area contributed by atoms with Gasteiger partial charge in [0.1, 0.15) is 29.1 Å². The van der Waals surface area contributed by atoms with Gasteiger partial charge in [0.05, 0.1) is 12.3 Å². The largest absolute Gasteiger partial charge is 0.393 e. The second-order valence-electron chi connectivity index (χ2n) is 8.69. The number of carbonyl (C=O) groups is 1. The molecule has 4 N–H and O–H groups in total. The van der Waals surface area contributed by atoms with Crippen molar-refractivity contribution >= 4 is 28.9 Å². The maximum Gasteiger partial charge on any atom is 0.274 e. The van der Waals surface area contributed by atoms with Gasteiger partial charge in [0, 0.05) is 31.4 Å². The molecule has 10 nitrogen and oxygen atoms in total. The van der Waals surface area contributed by atoms with Gasteiger partial charge in [-0.1, -0.05) is 0 Å². The standard InChI is InChI=1S/C22H26FN7O3/c1-24-19-10-18(27-17-3-2-6-29(22(17)33)14-7-12(23)8-14)28-20-16(11-25-30(19)20)21(32)26-13-4-5-15(31)9-13/h2-3,6,10-15,24,31H,4-5,7-9H2,1H3,(H,26,32)(H,27,28)/t12-,13-,14-,15-/m1/s1. The van der Waals surface area contributed by atoms with Gasteiger partial charge in [-0.3, -0.25) is 9.59 Å². The molecular formula is C22H26FN7O3. The molecule has 3 aromatic heterocycles. The molecule has 2 aliphatic carbocycles. The molecule has 0 saturated heterocycles. The molecular weight excluding hydrogens is 429 g/mol. The number of rotatable bonds is 6. The van der Waals surface area contributed by atoms with Crippen LogP contribution in [0.1, 0.15) is 48.5 Å². The number of hydrogen-bond donors (Lipinski definition) is 4. The van der Waals surface area contributed by atoms with Crippen molar-refractivity contribution in [1.82, 2.24) is 24.5 Å². The third-order valence-corrected chi connectivity index (χ3v) is 6.40. The first-order valence-electron chi connectivity index (χ1n) is 11.1. The van der Waals surface area contributed by atoms with Crippen molar-refractivity contribution in [2.24, 2.45) is 0 Å². The van der Waals surface area contributed by atoms with Gasteiger partial charge in [0.25, 0.3) is 11.5 Å². The molecule has 0 unspecified atom stereocenters. The molecule has 0 aliphatic heterocycles. The molecule has 2 fully saturated rings. The Morgan fingerprint density at radius 1 is 1.27 bits per heavy atom. The second kappa shape index (κ2) is 8.47. The van der Waals surface area contributed by atoms with E-state index in [4.69, 9.17) is 0 Å². The summed E-state index contributed by atoms with van der Waals surface area (Å²) in [5.41, 5.74) is 0.680. The highest BCUT2D eigenvalue weighted by Crippen LogP contribution is 2.33. The number of nitrogens with one attached hydrogen (secondary N) is 3. The molecule has 3 aromatic rings. The number of aliphatic hydroxyl groups excluding tert-OH is 1. The number of amides is 1. The van der Waals surface area contributed by atoms with Crippen LogP contribution in [0.25, 0.3) is 5.65 Å². The van der Waals surface area contributed by atoms with Crippen LogP contribution in [0.15, 0.2) is 35.4 Å². The SMILES string of the molecule is CNc1cc(Nc2cccn([C@H]3C[C@H](F)C3)c2=O)nc2c(C(=O)N[C@@H]3CC[C@@H](O)C3)cnn12. The molecule has 0 bridgehead atoms. The number of halogens is 1. The van der Waals surface area contributed by atoms with Crippen LogP contribution < -0.4 is 21.5 Å². The van der Waals surface area contributed by atoms with E-state index in [2.05, 4.69) is 26.0 Å². The number of aliphatic hydroxyl groups is 1. The van der Waals surface area contributed by atoms with E-state index in [0.717, 1.165) is 6.42 Å². The summed E-state index contributed by atoms with van der Waals surface area (Å²) in [4.78, 5) is 30.3. The molecule has 11 heteroatoms. The fourth-order valence-electron chi connectivity index (χ4n) is 4.50. The fraction of sp³-hybridized carbons (Fsp3) is 0.455. The van der Waals surface area contributed by atoms with Crippen molar-refractivity contribution in [1.29, 1.82) is 0 Å². The third-order valence-electron chi connectivity index (χ3n) is 6.40. The summed E-state index contributed by atoms with van der Waals surface area (Å²) in [6.07, 6.45) is 4.45. The summed E-state index contributed by atoms with van der Waals surface area (Å²) in [6, 6.07) is 4.83. The first-order chi connectivity index (χ1) is 15.9. The minimum absolute atomic E-state index is 0.0919. The van der Waals surface area contributed by atoms with E-state index in [9.17, 15) is 19.1 Å². The Balaban J connectivity index is 1.44. The van der Waals surface area contributed by atoms with Gasteiger partial charge in [0.15, 0.2) is 5.65 Å². The molecule has 1 amide bonds. The van der Waals surface area contributed by atoms with E-state index >= 15 is 0 Å². The molecule has 33 heavy (non-hydrogen) atoms. The first-order valence-corrected chi connectivity index (χ1v) is 11.1. The lowest BCUT2D eigenvalue weighted by atomic mass is 9.90. The zero-order chi connectivity index (χ0) is 23.1. The van der Waals surface area contributed by atoms with Crippen LogP contribution in [0.4, 0.5) is 21.7 Å². The van der Waals surface area contributed by atoms with Crippen molar-refractivity contribution in [3.05, 3.63) is 46.5 Å². The second-order valence-corrected chi connectivity index (χ2v) is 8.69. The van der Waals surface area contributed by atoms with E-state index in [1.807, 2.05) is 0 Å². The van der Waals surface area contributed by atoms with Crippen molar-refractivity contribution < 1.29 is 14.3 Å². The average Bonchev–Trinajstić information content (AvgIpc) is 3.38. The zero-order valence-corrected chi connectivity index (χ0v) is 18.2. The Morgan fingerprint density at radius 2 is 2.09 bits per heavy atom. The maximum absolute atomic E-state index is 13.3. The fourth-order valence-corrected chi connectivity index (χ4v) is 4.50. The van der Waals surface area contributed by atoms with Gasteiger partial charge in [0.2, 0.25) is 0 Å². The molecule has 3 heterocycles. The van der Waals surface area contributed by atoms with Gasteiger partial charge >= 0.3 is 0 Å². The number of fused-ring (bicyclic) bond motifs is 1. The molecule has 2 saturated carbocycles. The van der Waals surface area contributed by atoms with Crippen molar-refractivity contribution in [3.63, 3.8) is 0 Å². The highest BCUT2D eigenvalue weighted by Gasteiger charge is 2.31. The minimum Gasteiger partial charge on any atom is -0.393 e. The molecule has 174 valence electrons. The van der Waals surface area contributed by atoms with Gasteiger partial charge in [-0.15, -0.1) is 0 Å². The lowest BCUT2D eigenvalue weighted by Gasteiger charge is -2.31. The average molecular weight is 455 g/mol. The van der Waals surface area contributed by atoms with Crippen molar-refractivity contribution in [2.45, 2.75) is 56.5 Å². The predicted octanol–water partition coefficient (Wildman–Crippen LogP) is 1.99. The van der Waals surface area contributed by atoms with Crippen LogP contribution in [0.5, 0.6) is 0 Å². The quantitative estimate of drug-likeness (QED) is 0.448. The number of hydrogen-bond acceptors (Lipinski definition) is 7. The number of nitrogens with zero attached hydrogens (tertiary/aromatic N) is 4. The van der Waals surface area contributed by atoms with E-state index in [1.165, 1.54) is 10.7 Å². The topological polar surface area (TPSA) is 126 Å². The van der Waals surface area contributed by atoms with Gasteiger partial charge < -0.3 is 25.6 Å². The first kappa shape index (κ1) is 21.4. The molecule has 5 rings (SSSR count). The number of alkyl halides is 1. The van der Waals surface area contributed by atoms with E-state index in [0.29, 0.717) is 54.2 Å². The van der Waals surface area contributed by atoms with E-state index in [1.54, 1.807) is 36.0 Å². The summed E-state index contributed by atoms with van der Waals surface area (Å²) in [5.74, 6) is 0.626. The van der Waals surface area contributed by atoms with Gasteiger partial charge in [-0.2, -0.15) is 9.61 Å². The Labute approximate surface area is 188 Å². The normalized spacial score (nSPS) is 24.5. The summed E-state index contributed by atoms with van der Waals surface area (Å²) < 4.78 is 16.3. The number of carbonyl (C=O) groups excluding carboxylic acids is 1. The third kappa shape index (κ3) is 4.04. The molecule has 0 spiro atoms. The Morgan fingerprint density at radius 3 is 2.79 bits per heavy atom. The van der Waals surface area contributed by atoms with E-state index in [-0.39, 0.29) is 23.6 Å². The van der Waals surface area contributed by atoms with Crippen LogP contribution in [-0.2, 0) is 0 Å². The highest BCUT2D eigenvalue weighted by atomic mass is 19.1. The zero-order valence-electron chi connectivity index (χ0n) is 18.2. The molecule has 2 atom stereocenters. The monoisotopic (exact) mass is 455 g/mol. The van der Waals surface area contributed by atoms with Crippen LogP contribution >= 0.6 is 0 Å². The van der Waals surface area contributed by atoms with Crippen LogP contribution in [0, 0.1) is 0 Å². The number of pyridine rings is 1. The van der Waals surface area contributed by atoms with Crippen LogP contribution in [0.2, 0.25) is 0 Å². The van der Waals surface area contributed by atoms with Crippen molar-refractivity contribution in [3.8, 4) is 0 Å². The molecule has 0 radical (unpaired) electrons. The minimum atomic E-state index is -0.861. The van der Waals surface area contributed by atoms with Gasteiger partial charge in [-0.25, -0.2) is 9.37 Å². The Hall–Kier alpha value is -3.47. The lowest BCUT2D eigenvalue weighted by Crippen LogP contribution is -2.35. The van der Waals surface area contributed by atoms with Crippen LogP contribution in [-0.4, -0.2) is 55.5 Å². The highest BCUT2D eigenvalue weighted by molar-refractivity contribution is 6.00. The smallest absolute Gasteiger partial charge is 0.274 e. The van der Waals surface area contributed by atoms with Gasteiger partial charge in [-0.05, 0) is 44.2 Å². The number of anilines is 3. The summed E-state index contributed by atoms with van der Waals surface area (Å²) in [6.45, 7) is 0. The summed E-state index contributed by atoms with van der Waals surface area (Å²) in [5, 5.41) is 23.0. The molecule has 0 aromatic carbocycles. The summed E-state index contributed by atoms with van der Waals surface area (Å²) in [7, 11) is 1.72. The number of aromatic nitrogens is 4. The lowest BCUT2D eigenvalue weighted by molar-refractivity contribution is 0.0935. The van der Waals surface area contributed by atoms with Crippen LogP contribution in [0.3, 0.4) is 0 Å². The van der Waals surface area contributed by atoms with E-state index < -0.39 is 12.3 Å². The molecule has 2 aliphatic rings. The Bertz CT molecular complexity index is 1250. The predicted molar refractivity (Wildman–Crippen MR) is 121 cm³/mol.